The minimum Gasteiger partial charge on any atom is -0.483 e. The lowest BCUT2D eigenvalue weighted by atomic mass is 10.0. The second-order valence-corrected chi connectivity index (χ2v) is 7.66. The van der Waals surface area contributed by atoms with Crippen LogP contribution in [-0.4, -0.2) is 52.0 Å². The van der Waals surface area contributed by atoms with Gasteiger partial charge in [0.1, 0.15) is 23.0 Å². The minimum absolute atomic E-state index is 0.0356. The minimum atomic E-state index is -0.860. The topological polar surface area (TPSA) is 100 Å². The highest BCUT2D eigenvalue weighted by Gasteiger charge is 2.34. The van der Waals surface area contributed by atoms with Crippen molar-refractivity contribution in [3.05, 3.63) is 63.3 Å². The largest absolute Gasteiger partial charge is 0.483 e. The molecule has 1 aromatic carbocycles. The molecule has 168 valence electrons. The van der Waals surface area contributed by atoms with E-state index in [0.29, 0.717) is 36.3 Å². The fourth-order valence-corrected chi connectivity index (χ4v) is 3.74. The van der Waals surface area contributed by atoms with Gasteiger partial charge in [0.05, 0.1) is 5.52 Å². The summed E-state index contributed by atoms with van der Waals surface area (Å²) >= 11 is 0. The van der Waals surface area contributed by atoms with E-state index in [1.807, 2.05) is 18.7 Å². The molecule has 2 N–H and O–H groups in total. The molecular weight excluding hydrogens is 420 g/mol. The van der Waals surface area contributed by atoms with E-state index in [9.17, 15) is 14.0 Å². The van der Waals surface area contributed by atoms with Gasteiger partial charge in [0.25, 0.3) is 17.4 Å². The van der Waals surface area contributed by atoms with Crippen LogP contribution < -0.4 is 15.6 Å². The molecule has 3 aromatic rings. The zero-order valence-electron chi connectivity index (χ0n) is 17.9. The van der Waals surface area contributed by atoms with Gasteiger partial charge in [-0.15, -0.1) is 0 Å². The molecule has 4 rings (SSSR count). The van der Waals surface area contributed by atoms with Crippen molar-refractivity contribution < 1.29 is 18.3 Å². The number of fused-ring (bicyclic) bond motifs is 1. The van der Waals surface area contributed by atoms with Crippen molar-refractivity contribution in [2.45, 2.75) is 32.4 Å². The van der Waals surface area contributed by atoms with Gasteiger partial charge in [0, 0.05) is 31.7 Å². The lowest BCUT2D eigenvalue weighted by Crippen LogP contribution is -2.54. The summed E-state index contributed by atoms with van der Waals surface area (Å²) in [6.07, 6.45) is 0.168. The van der Waals surface area contributed by atoms with Crippen molar-refractivity contribution in [3.8, 4) is 5.75 Å². The van der Waals surface area contributed by atoms with Gasteiger partial charge >= 0.3 is 0 Å². The molecule has 1 fully saturated rings. The summed E-state index contributed by atoms with van der Waals surface area (Å²) < 4.78 is 34.9. The van der Waals surface area contributed by atoms with Crippen LogP contribution in [0.3, 0.4) is 0 Å². The van der Waals surface area contributed by atoms with Gasteiger partial charge < -0.3 is 15.0 Å². The van der Waals surface area contributed by atoms with Crippen molar-refractivity contribution in [1.82, 2.24) is 25.2 Å². The van der Waals surface area contributed by atoms with Gasteiger partial charge in [-0.1, -0.05) is 13.0 Å². The second-order valence-electron chi connectivity index (χ2n) is 7.66. The van der Waals surface area contributed by atoms with Gasteiger partial charge in [-0.2, -0.15) is 4.39 Å². The molecule has 32 heavy (non-hydrogen) atoms. The van der Waals surface area contributed by atoms with E-state index in [-0.39, 0.29) is 34.7 Å². The summed E-state index contributed by atoms with van der Waals surface area (Å²) in [7, 11) is 1.44. The van der Waals surface area contributed by atoms with Crippen molar-refractivity contribution >= 4 is 16.9 Å². The Bertz CT molecular complexity index is 1240. The maximum absolute atomic E-state index is 15.1. The number of benzene rings is 1. The van der Waals surface area contributed by atoms with E-state index in [2.05, 4.69) is 20.3 Å². The molecule has 0 aliphatic carbocycles. The molecule has 1 aliphatic rings. The number of carbonyl (C=O) groups excluding carboxylic acids is 1. The first-order valence-corrected chi connectivity index (χ1v) is 10.3. The van der Waals surface area contributed by atoms with Gasteiger partial charge in [-0.05, 0) is 31.5 Å². The molecule has 1 aliphatic heterocycles. The highest BCUT2D eigenvalue weighted by molar-refractivity contribution is 5.92. The van der Waals surface area contributed by atoms with E-state index in [4.69, 9.17) is 4.74 Å². The molecule has 0 radical (unpaired) electrons. The highest BCUT2D eigenvalue weighted by Crippen LogP contribution is 2.31. The number of rotatable bonds is 6. The summed E-state index contributed by atoms with van der Waals surface area (Å²) in [5.74, 6) is -1.89. The van der Waals surface area contributed by atoms with Crippen LogP contribution in [0.2, 0.25) is 0 Å². The number of nitrogens with zero attached hydrogens (tertiary/aromatic N) is 3. The van der Waals surface area contributed by atoms with E-state index >= 15 is 4.39 Å². The number of likely N-dealkylation sites (tertiary alicyclic amines) is 1. The first-order chi connectivity index (χ1) is 15.3. The van der Waals surface area contributed by atoms with E-state index in [1.54, 1.807) is 12.1 Å². The monoisotopic (exact) mass is 443 g/mol. The first-order valence-electron chi connectivity index (χ1n) is 10.3. The zero-order valence-corrected chi connectivity index (χ0v) is 17.9. The van der Waals surface area contributed by atoms with Crippen LogP contribution in [0.1, 0.15) is 41.6 Å². The number of nitrogens with one attached hydrogen (secondary N) is 2. The van der Waals surface area contributed by atoms with Crippen LogP contribution in [0, 0.1) is 11.8 Å². The molecule has 1 saturated heterocycles. The molecule has 10 heteroatoms. The third-order valence-electron chi connectivity index (χ3n) is 5.68. The van der Waals surface area contributed by atoms with Crippen LogP contribution in [0.5, 0.6) is 5.75 Å². The molecular formula is C22H23F2N5O3. The zero-order chi connectivity index (χ0) is 23.0. The normalized spacial score (nSPS) is 15.4. The number of hydrogen-bond donors (Lipinski definition) is 2. The number of aryl methyl sites for hydroxylation is 1. The summed E-state index contributed by atoms with van der Waals surface area (Å²) in [5, 5.41) is 2.38. The standard InChI is InChI=1S/C22H23F2N5O3/c1-4-14-22(31)28-19-15(26-14)6-5-13(18(19)23)11(2)29-9-12(10-29)32-17-8-7-16(21(30)25-3)27-20(17)24/h5-8,11-12H,4,9-10H2,1-3H3,(H,25,30)(H,28,31). The molecule has 1 amide bonds. The highest BCUT2D eigenvalue weighted by atomic mass is 19.1. The number of halogens is 2. The van der Waals surface area contributed by atoms with Gasteiger partial charge in [-0.3, -0.25) is 14.5 Å². The first kappa shape index (κ1) is 21.8. The lowest BCUT2D eigenvalue weighted by Gasteiger charge is -2.42. The Balaban J connectivity index is 1.45. The molecule has 1 unspecified atom stereocenters. The maximum Gasteiger partial charge on any atom is 0.270 e. The predicted molar refractivity (Wildman–Crippen MR) is 114 cm³/mol. The fraction of sp³-hybridized carbons (Fsp3) is 0.364. The molecule has 0 bridgehead atoms. The van der Waals surface area contributed by atoms with E-state index in [0.717, 1.165) is 0 Å². The Labute approximate surface area is 182 Å². The molecule has 1 atom stereocenters. The molecule has 0 spiro atoms. The van der Waals surface area contributed by atoms with Crippen LogP contribution >= 0.6 is 0 Å². The van der Waals surface area contributed by atoms with E-state index in [1.165, 1.54) is 19.2 Å². The number of aromatic amines is 1. The molecule has 8 nitrogen and oxygen atoms in total. The average Bonchev–Trinajstić information content (AvgIpc) is 2.76. The van der Waals surface area contributed by atoms with Crippen LogP contribution in [0.15, 0.2) is 29.1 Å². The van der Waals surface area contributed by atoms with Crippen molar-refractivity contribution in [1.29, 1.82) is 0 Å². The van der Waals surface area contributed by atoms with Crippen LogP contribution in [-0.2, 0) is 6.42 Å². The number of amides is 1. The van der Waals surface area contributed by atoms with E-state index < -0.39 is 17.7 Å². The molecule has 3 heterocycles. The Morgan fingerprint density at radius 2 is 2.03 bits per heavy atom. The Kier molecular flexibility index (Phi) is 5.88. The quantitative estimate of drug-likeness (QED) is 0.568. The number of carbonyl (C=O) groups is 1. The number of aromatic nitrogens is 3. The molecule has 2 aromatic heterocycles. The van der Waals surface area contributed by atoms with Crippen molar-refractivity contribution in [3.63, 3.8) is 0 Å². The fourth-order valence-electron chi connectivity index (χ4n) is 3.74. The van der Waals surface area contributed by atoms with Crippen molar-refractivity contribution in [2.75, 3.05) is 20.1 Å². The Morgan fingerprint density at radius 3 is 2.69 bits per heavy atom. The predicted octanol–water partition coefficient (Wildman–Crippen LogP) is 2.34. The summed E-state index contributed by atoms with van der Waals surface area (Å²) in [6.45, 7) is 4.58. The van der Waals surface area contributed by atoms with Crippen molar-refractivity contribution in [2.24, 2.45) is 0 Å². The third-order valence-corrected chi connectivity index (χ3v) is 5.68. The van der Waals surface area contributed by atoms with Gasteiger partial charge in [-0.25, -0.2) is 14.4 Å². The SMILES string of the molecule is CCc1nc2ccc(C(C)N3CC(Oc4ccc(C(=O)NC)nc4F)C3)c(F)c2[nH]c1=O. The Morgan fingerprint density at radius 1 is 1.28 bits per heavy atom. The second kappa shape index (κ2) is 8.62. The number of hydrogen-bond acceptors (Lipinski definition) is 6. The Hall–Kier alpha value is -3.40. The number of H-pyrrole nitrogens is 1. The van der Waals surface area contributed by atoms with Gasteiger partial charge in [0.15, 0.2) is 11.6 Å². The van der Waals surface area contributed by atoms with Gasteiger partial charge in [0.2, 0.25) is 0 Å². The van der Waals surface area contributed by atoms with Crippen LogP contribution in [0.25, 0.3) is 11.0 Å². The van der Waals surface area contributed by atoms with Crippen LogP contribution in [0.4, 0.5) is 8.78 Å². The summed E-state index contributed by atoms with van der Waals surface area (Å²) in [4.78, 5) is 36.0. The summed E-state index contributed by atoms with van der Waals surface area (Å²) in [5.41, 5.74) is 0.869. The summed E-state index contributed by atoms with van der Waals surface area (Å²) in [6, 6.07) is 5.84. The number of pyridine rings is 1. The average molecular weight is 443 g/mol. The number of ether oxygens (including phenoxy) is 1. The lowest BCUT2D eigenvalue weighted by molar-refractivity contribution is -0.00825. The smallest absolute Gasteiger partial charge is 0.270 e. The maximum atomic E-state index is 15.1. The third kappa shape index (κ3) is 3.93. The molecule has 0 saturated carbocycles.